The van der Waals surface area contributed by atoms with E-state index in [4.69, 9.17) is 0 Å². The second-order valence-corrected chi connectivity index (χ2v) is 6.90. The largest absolute Gasteiger partial charge is 0.478 e. The van der Waals surface area contributed by atoms with E-state index >= 15 is 0 Å². The number of ketones is 1. The molecule has 0 radical (unpaired) electrons. The van der Waals surface area contributed by atoms with Crippen molar-refractivity contribution < 1.29 is 14.7 Å². The summed E-state index contributed by atoms with van der Waals surface area (Å²) in [5.74, 6) is -0.683. The predicted molar refractivity (Wildman–Crippen MR) is 100 cm³/mol. The van der Waals surface area contributed by atoms with Gasteiger partial charge in [-0.1, -0.05) is 25.3 Å². The van der Waals surface area contributed by atoms with E-state index in [1.54, 1.807) is 19.2 Å². The Morgan fingerprint density at radius 3 is 2.69 bits per heavy atom. The summed E-state index contributed by atoms with van der Waals surface area (Å²) in [5.41, 5.74) is 1.99. The summed E-state index contributed by atoms with van der Waals surface area (Å²) in [5, 5.41) is 9.45. The Kier molecular flexibility index (Phi) is 5.66. The SMILES string of the molecule is Cc1c(C(=O)O)cc(C(=O)C=Cc2ccccn2)n1CC1CCCCC1. The molecule has 1 aliphatic rings. The Balaban J connectivity index is 1.88. The van der Waals surface area contributed by atoms with Crippen molar-refractivity contribution in [3.8, 4) is 0 Å². The van der Waals surface area contributed by atoms with Crippen molar-refractivity contribution in [2.75, 3.05) is 0 Å². The first-order valence-electron chi connectivity index (χ1n) is 9.13. The zero-order valence-corrected chi connectivity index (χ0v) is 15.0. The van der Waals surface area contributed by atoms with Crippen LogP contribution in [0.5, 0.6) is 0 Å². The molecule has 0 unspecified atom stereocenters. The van der Waals surface area contributed by atoms with E-state index in [1.165, 1.54) is 31.4 Å². The maximum absolute atomic E-state index is 12.7. The van der Waals surface area contributed by atoms with E-state index in [0.717, 1.165) is 12.8 Å². The smallest absolute Gasteiger partial charge is 0.337 e. The lowest BCUT2D eigenvalue weighted by atomic mass is 9.89. The molecule has 0 amide bonds. The monoisotopic (exact) mass is 352 g/mol. The molecule has 2 aromatic rings. The fourth-order valence-corrected chi connectivity index (χ4v) is 3.65. The average Bonchev–Trinajstić information content (AvgIpc) is 2.98. The quantitative estimate of drug-likeness (QED) is 0.619. The number of aromatic nitrogens is 2. The number of hydrogen-bond donors (Lipinski definition) is 1. The lowest BCUT2D eigenvalue weighted by molar-refractivity contribution is 0.0695. The van der Waals surface area contributed by atoms with Gasteiger partial charge in [-0.3, -0.25) is 9.78 Å². The zero-order valence-electron chi connectivity index (χ0n) is 15.0. The van der Waals surface area contributed by atoms with E-state index in [1.807, 2.05) is 22.8 Å². The minimum absolute atomic E-state index is 0.193. The molecule has 1 aliphatic carbocycles. The van der Waals surface area contributed by atoms with Crippen LogP contribution >= 0.6 is 0 Å². The van der Waals surface area contributed by atoms with Gasteiger partial charge in [-0.15, -0.1) is 0 Å². The topological polar surface area (TPSA) is 72.2 Å². The van der Waals surface area contributed by atoms with Gasteiger partial charge in [-0.2, -0.15) is 0 Å². The number of allylic oxidation sites excluding steroid dienone is 1. The first-order valence-corrected chi connectivity index (χ1v) is 9.13. The van der Waals surface area contributed by atoms with E-state index in [0.29, 0.717) is 29.5 Å². The van der Waals surface area contributed by atoms with Gasteiger partial charge in [0.2, 0.25) is 5.78 Å². The number of aromatic carboxylic acids is 1. The summed E-state index contributed by atoms with van der Waals surface area (Å²) in [6, 6.07) is 7.00. The molecular weight excluding hydrogens is 328 g/mol. The van der Waals surface area contributed by atoms with Crippen LogP contribution in [0, 0.1) is 12.8 Å². The van der Waals surface area contributed by atoms with Gasteiger partial charge >= 0.3 is 5.97 Å². The molecule has 1 saturated carbocycles. The third-order valence-electron chi connectivity index (χ3n) is 5.11. The van der Waals surface area contributed by atoms with Gasteiger partial charge in [-0.05, 0) is 56.0 Å². The van der Waals surface area contributed by atoms with Crippen molar-refractivity contribution in [2.45, 2.75) is 45.6 Å². The number of carbonyl (C=O) groups excluding carboxylic acids is 1. The standard InChI is InChI=1S/C21H24N2O3/c1-15-18(21(25)26)13-19(23(15)14-16-7-3-2-4-8-16)20(24)11-10-17-9-5-6-12-22-17/h5-6,9-13,16H,2-4,7-8,14H2,1H3,(H,25,26). The van der Waals surface area contributed by atoms with Gasteiger partial charge < -0.3 is 9.67 Å². The Labute approximate surface area is 153 Å². The van der Waals surface area contributed by atoms with E-state index in [-0.39, 0.29) is 11.3 Å². The highest BCUT2D eigenvalue weighted by molar-refractivity contribution is 6.07. The van der Waals surface area contributed by atoms with Crippen molar-refractivity contribution in [3.05, 3.63) is 59.2 Å². The van der Waals surface area contributed by atoms with Gasteiger partial charge in [-0.25, -0.2) is 4.79 Å². The molecule has 5 heteroatoms. The van der Waals surface area contributed by atoms with Gasteiger partial charge in [0.1, 0.15) is 0 Å². The lowest BCUT2D eigenvalue weighted by Crippen LogP contribution is -2.18. The molecule has 0 aromatic carbocycles. The average molecular weight is 352 g/mol. The van der Waals surface area contributed by atoms with Gasteiger partial charge in [0.15, 0.2) is 0 Å². The minimum Gasteiger partial charge on any atom is -0.478 e. The molecule has 3 rings (SSSR count). The third kappa shape index (κ3) is 4.10. The predicted octanol–water partition coefficient (Wildman–Crippen LogP) is 4.37. The summed E-state index contributed by atoms with van der Waals surface area (Å²) >= 11 is 0. The van der Waals surface area contributed by atoms with Gasteiger partial charge in [0.25, 0.3) is 0 Å². The van der Waals surface area contributed by atoms with Gasteiger partial charge in [0.05, 0.1) is 17.0 Å². The molecule has 0 spiro atoms. The van der Waals surface area contributed by atoms with E-state index in [9.17, 15) is 14.7 Å². The summed E-state index contributed by atoms with van der Waals surface area (Å²) < 4.78 is 1.89. The maximum Gasteiger partial charge on any atom is 0.337 e. The molecule has 2 heterocycles. The summed E-state index contributed by atoms with van der Waals surface area (Å²) in [6.45, 7) is 2.49. The van der Waals surface area contributed by atoms with Crippen LogP contribution in [0.25, 0.3) is 6.08 Å². The molecule has 1 N–H and O–H groups in total. The molecule has 136 valence electrons. The molecule has 0 saturated heterocycles. The highest BCUT2D eigenvalue weighted by atomic mass is 16.4. The third-order valence-corrected chi connectivity index (χ3v) is 5.11. The van der Waals surface area contributed by atoms with Crippen LogP contribution < -0.4 is 0 Å². The van der Waals surface area contributed by atoms with Crippen molar-refractivity contribution in [2.24, 2.45) is 5.92 Å². The Hall–Kier alpha value is -2.69. The van der Waals surface area contributed by atoms with Crippen molar-refractivity contribution in [3.63, 3.8) is 0 Å². The first kappa shape index (κ1) is 18.1. The normalized spacial score (nSPS) is 15.4. The second-order valence-electron chi connectivity index (χ2n) is 6.90. The fraction of sp³-hybridized carbons (Fsp3) is 0.381. The van der Waals surface area contributed by atoms with Gasteiger partial charge in [0, 0.05) is 18.4 Å². The van der Waals surface area contributed by atoms with Crippen LogP contribution in [0.2, 0.25) is 0 Å². The van der Waals surface area contributed by atoms with E-state index < -0.39 is 5.97 Å². The molecule has 1 fully saturated rings. The number of carbonyl (C=O) groups is 2. The maximum atomic E-state index is 12.7. The number of nitrogens with zero attached hydrogens (tertiary/aromatic N) is 2. The van der Waals surface area contributed by atoms with Crippen LogP contribution in [0.4, 0.5) is 0 Å². The number of pyridine rings is 1. The molecule has 5 nitrogen and oxygen atoms in total. The minimum atomic E-state index is -0.993. The fourth-order valence-electron chi connectivity index (χ4n) is 3.65. The number of hydrogen-bond acceptors (Lipinski definition) is 3. The molecule has 26 heavy (non-hydrogen) atoms. The van der Waals surface area contributed by atoms with E-state index in [2.05, 4.69) is 4.98 Å². The van der Waals surface area contributed by atoms with Crippen LogP contribution in [0.3, 0.4) is 0 Å². The summed E-state index contributed by atoms with van der Waals surface area (Å²) in [4.78, 5) is 28.4. The molecular formula is C21H24N2O3. The number of carboxylic acids is 1. The Bertz CT molecular complexity index is 815. The Morgan fingerprint density at radius 1 is 1.27 bits per heavy atom. The summed E-state index contributed by atoms with van der Waals surface area (Å²) in [6.07, 6.45) is 10.8. The first-order chi connectivity index (χ1) is 12.6. The van der Waals surface area contributed by atoms with Crippen LogP contribution in [-0.2, 0) is 6.54 Å². The van der Waals surface area contributed by atoms with Crippen LogP contribution in [0.1, 0.15) is 64.3 Å². The highest BCUT2D eigenvalue weighted by Crippen LogP contribution is 2.27. The lowest BCUT2D eigenvalue weighted by Gasteiger charge is -2.23. The van der Waals surface area contributed by atoms with Crippen LogP contribution in [-0.4, -0.2) is 26.4 Å². The molecule has 2 aromatic heterocycles. The van der Waals surface area contributed by atoms with Crippen molar-refractivity contribution in [1.82, 2.24) is 9.55 Å². The number of rotatable bonds is 6. The number of carboxylic acid groups (broad SMARTS) is 1. The molecule has 0 aliphatic heterocycles. The summed E-state index contributed by atoms with van der Waals surface area (Å²) in [7, 11) is 0. The molecule has 0 bridgehead atoms. The Morgan fingerprint density at radius 2 is 2.04 bits per heavy atom. The second kappa shape index (κ2) is 8.13. The zero-order chi connectivity index (χ0) is 18.5. The highest BCUT2D eigenvalue weighted by Gasteiger charge is 2.23. The van der Waals surface area contributed by atoms with Crippen molar-refractivity contribution >= 4 is 17.8 Å². The van der Waals surface area contributed by atoms with Crippen LogP contribution in [0.15, 0.2) is 36.5 Å². The molecule has 0 atom stereocenters. The van der Waals surface area contributed by atoms with Crippen molar-refractivity contribution in [1.29, 1.82) is 0 Å².